The standard InChI is InChI=1S/C17H15Br2N3O5/c1-10-3-4-15(14(5-10)22(24)25)27-9-16(23)21-20-8-11-6-12(18)7-13(19)17(11)26-2/h3-8H,9H2,1-2H3,(H,21,23). The van der Waals surface area contributed by atoms with Gasteiger partial charge in [-0.3, -0.25) is 14.9 Å². The van der Waals surface area contributed by atoms with E-state index in [9.17, 15) is 14.9 Å². The van der Waals surface area contributed by atoms with Gasteiger partial charge in [-0.25, -0.2) is 5.43 Å². The Labute approximate surface area is 172 Å². The van der Waals surface area contributed by atoms with E-state index in [-0.39, 0.29) is 11.4 Å². The molecule has 2 aromatic rings. The molecule has 10 heteroatoms. The molecule has 0 unspecified atom stereocenters. The number of nitro benzene ring substituents is 1. The van der Waals surface area contributed by atoms with Crippen LogP contribution < -0.4 is 14.9 Å². The fraction of sp³-hybridized carbons (Fsp3) is 0.176. The van der Waals surface area contributed by atoms with Gasteiger partial charge in [-0.2, -0.15) is 5.10 Å². The third kappa shape index (κ3) is 5.76. The average Bonchev–Trinajstić information content (AvgIpc) is 2.60. The summed E-state index contributed by atoms with van der Waals surface area (Å²) >= 11 is 6.74. The molecule has 0 bridgehead atoms. The number of hydrogen-bond acceptors (Lipinski definition) is 6. The van der Waals surface area contributed by atoms with E-state index in [1.807, 2.05) is 6.07 Å². The van der Waals surface area contributed by atoms with Crippen LogP contribution >= 0.6 is 31.9 Å². The fourth-order valence-corrected chi connectivity index (χ4v) is 3.55. The molecule has 1 amide bonds. The lowest BCUT2D eigenvalue weighted by molar-refractivity contribution is -0.385. The van der Waals surface area contributed by atoms with Crippen molar-refractivity contribution in [2.45, 2.75) is 6.92 Å². The van der Waals surface area contributed by atoms with Gasteiger partial charge in [0.2, 0.25) is 0 Å². The van der Waals surface area contributed by atoms with E-state index >= 15 is 0 Å². The van der Waals surface area contributed by atoms with Gasteiger partial charge in [-0.1, -0.05) is 22.0 Å². The number of carbonyl (C=O) groups is 1. The van der Waals surface area contributed by atoms with Gasteiger partial charge in [0.15, 0.2) is 12.4 Å². The minimum Gasteiger partial charge on any atom is -0.495 e. The molecule has 142 valence electrons. The van der Waals surface area contributed by atoms with Crippen LogP contribution in [0.4, 0.5) is 5.69 Å². The summed E-state index contributed by atoms with van der Waals surface area (Å²) in [6, 6.07) is 8.08. The van der Waals surface area contributed by atoms with Crippen molar-refractivity contribution in [2.24, 2.45) is 5.10 Å². The maximum atomic E-state index is 11.9. The van der Waals surface area contributed by atoms with Crippen molar-refractivity contribution in [3.8, 4) is 11.5 Å². The van der Waals surface area contributed by atoms with Crippen LogP contribution in [0.3, 0.4) is 0 Å². The summed E-state index contributed by atoms with van der Waals surface area (Å²) in [5.74, 6) is 0.0131. The lowest BCUT2D eigenvalue weighted by atomic mass is 10.2. The fourth-order valence-electron chi connectivity index (χ4n) is 2.13. The van der Waals surface area contributed by atoms with Crippen LogP contribution in [0.1, 0.15) is 11.1 Å². The first-order valence-electron chi connectivity index (χ1n) is 7.54. The van der Waals surface area contributed by atoms with E-state index < -0.39 is 17.4 Å². The van der Waals surface area contributed by atoms with Crippen molar-refractivity contribution in [2.75, 3.05) is 13.7 Å². The second-order valence-corrected chi connectivity index (χ2v) is 7.09. The first-order valence-corrected chi connectivity index (χ1v) is 9.13. The number of halogens is 2. The number of nitro groups is 1. The molecule has 2 aromatic carbocycles. The highest BCUT2D eigenvalue weighted by atomic mass is 79.9. The van der Waals surface area contributed by atoms with Crippen LogP contribution in [0.25, 0.3) is 0 Å². The molecule has 0 aliphatic carbocycles. The molecule has 0 saturated heterocycles. The lowest BCUT2D eigenvalue weighted by Crippen LogP contribution is -2.24. The van der Waals surface area contributed by atoms with Crippen molar-refractivity contribution in [3.63, 3.8) is 0 Å². The molecule has 0 aromatic heterocycles. The summed E-state index contributed by atoms with van der Waals surface area (Å²) in [4.78, 5) is 22.4. The Morgan fingerprint density at radius 3 is 2.74 bits per heavy atom. The molecule has 27 heavy (non-hydrogen) atoms. The molecule has 0 spiro atoms. The van der Waals surface area contributed by atoms with Gasteiger partial charge in [0.05, 0.1) is 22.7 Å². The Bertz CT molecular complexity index is 902. The monoisotopic (exact) mass is 499 g/mol. The van der Waals surface area contributed by atoms with Gasteiger partial charge in [0, 0.05) is 16.1 Å². The SMILES string of the molecule is COc1c(Br)cc(Br)cc1C=NNC(=O)COc1ccc(C)cc1[N+](=O)[O-]. The minimum absolute atomic E-state index is 0.0160. The molecule has 0 aliphatic heterocycles. The van der Waals surface area contributed by atoms with Crippen LogP contribution in [-0.2, 0) is 4.79 Å². The second kappa shape index (κ2) is 9.47. The van der Waals surface area contributed by atoms with Gasteiger partial charge in [-0.15, -0.1) is 0 Å². The van der Waals surface area contributed by atoms with Crippen LogP contribution in [0, 0.1) is 17.0 Å². The van der Waals surface area contributed by atoms with E-state index in [0.29, 0.717) is 11.3 Å². The predicted molar refractivity (Wildman–Crippen MR) is 107 cm³/mol. The molecular formula is C17H15Br2N3O5. The normalized spacial score (nSPS) is 10.7. The van der Waals surface area contributed by atoms with Crippen LogP contribution in [0.5, 0.6) is 11.5 Å². The molecule has 8 nitrogen and oxygen atoms in total. The Morgan fingerprint density at radius 1 is 1.33 bits per heavy atom. The van der Waals surface area contributed by atoms with Crippen LogP contribution in [0.15, 0.2) is 44.4 Å². The van der Waals surface area contributed by atoms with Gasteiger partial charge in [0.1, 0.15) is 5.75 Å². The summed E-state index contributed by atoms with van der Waals surface area (Å²) in [6.45, 7) is 1.31. The molecule has 0 radical (unpaired) electrons. The Hall–Kier alpha value is -2.46. The molecule has 1 N–H and O–H groups in total. The summed E-state index contributed by atoms with van der Waals surface area (Å²) in [7, 11) is 1.52. The Morgan fingerprint density at radius 2 is 2.07 bits per heavy atom. The third-order valence-corrected chi connectivity index (χ3v) is 4.35. The number of carbonyl (C=O) groups excluding carboxylic acids is 1. The van der Waals surface area contributed by atoms with E-state index in [1.165, 1.54) is 25.5 Å². The van der Waals surface area contributed by atoms with Crippen molar-refractivity contribution in [1.82, 2.24) is 5.43 Å². The lowest BCUT2D eigenvalue weighted by Gasteiger charge is -2.08. The number of ether oxygens (including phenoxy) is 2. The first-order chi connectivity index (χ1) is 12.8. The zero-order valence-corrected chi connectivity index (χ0v) is 17.5. The number of methoxy groups -OCH3 is 1. The molecule has 2 rings (SSSR count). The van der Waals surface area contributed by atoms with E-state index in [2.05, 4.69) is 42.4 Å². The number of aryl methyl sites for hydroxylation is 1. The molecular weight excluding hydrogens is 486 g/mol. The molecule has 0 aliphatic rings. The topological polar surface area (TPSA) is 103 Å². The predicted octanol–water partition coefficient (Wildman–Crippen LogP) is 3.97. The van der Waals surface area contributed by atoms with Crippen LogP contribution in [0.2, 0.25) is 0 Å². The number of nitrogens with zero attached hydrogens (tertiary/aromatic N) is 2. The summed E-state index contributed by atoms with van der Waals surface area (Å²) in [5, 5.41) is 14.9. The highest BCUT2D eigenvalue weighted by Gasteiger charge is 2.16. The Balaban J connectivity index is 2.00. The first kappa shape index (κ1) is 20.8. The average molecular weight is 501 g/mol. The largest absolute Gasteiger partial charge is 0.495 e. The summed E-state index contributed by atoms with van der Waals surface area (Å²) in [5.41, 5.74) is 3.46. The number of amides is 1. The maximum absolute atomic E-state index is 11.9. The quantitative estimate of drug-likeness (QED) is 0.352. The number of nitrogens with one attached hydrogen (secondary N) is 1. The zero-order valence-electron chi connectivity index (χ0n) is 14.4. The smallest absolute Gasteiger partial charge is 0.311 e. The highest BCUT2D eigenvalue weighted by Crippen LogP contribution is 2.31. The van der Waals surface area contributed by atoms with Crippen molar-refractivity contribution >= 4 is 49.7 Å². The van der Waals surface area contributed by atoms with Gasteiger partial charge < -0.3 is 9.47 Å². The summed E-state index contributed by atoms with van der Waals surface area (Å²) < 4.78 is 12.0. The molecule has 0 saturated carbocycles. The van der Waals surface area contributed by atoms with Gasteiger partial charge >= 0.3 is 5.69 Å². The van der Waals surface area contributed by atoms with Crippen LogP contribution in [-0.4, -0.2) is 30.8 Å². The van der Waals surface area contributed by atoms with Gasteiger partial charge in [-0.05, 0) is 46.6 Å². The number of benzene rings is 2. The Kier molecular flexibility index (Phi) is 7.31. The summed E-state index contributed by atoms with van der Waals surface area (Å²) in [6.07, 6.45) is 1.42. The molecule has 0 atom stereocenters. The number of hydrazone groups is 1. The zero-order chi connectivity index (χ0) is 20.0. The van der Waals surface area contributed by atoms with Crippen molar-refractivity contribution in [1.29, 1.82) is 0 Å². The molecule has 0 fully saturated rings. The second-order valence-electron chi connectivity index (χ2n) is 5.32. The number of rotatable bonds is 7. The number of hydrogen-bond donors (Lipinski definition) is 1. The highest BCUT2D eigenvalue weighted by molar-refractivity contribution is 9.11. The van der Waals surface area contributed by atoms with Gasteiger partial charge in [0.25, 0.3) is 5.91 Å². The van der Waals surface area contributed by atoms with Crippen molar-refractivity contribution < 1.29 is 19.2 Å². The van der Waals surface area contributed by atoms with E-state index in [4.69, 9.17) is 9.47 Å². The maximum Gasteiger partial charge on any atom is 0.311 e. The third-order valence-electron chi connectivity index (χ3n) is 3.30. The van der Waals surface area contributed by atoms with E-state index in [0.717, 1.165) is 14.5 Å². The van der Waals surface area contributed by atoms with E-state index in [1.54, 1.807) is 19.1 Å². The van der Waals surface area contributed by atoms with Crippen molar-refractivity contribution in [3.05, 3.63) is 60.5 Å². The molecule has 0 heterocycles. The minimum atomic E-state index is -0.561.